The van der Waals surface area contributed by atoms with Crippen LogP contribution in [-0.4, -0.2) is 23.8 Å². The average molecular weight is 531 g/mol. The van der Waals surface area contributed by atoms with Crippen LogP contribution >= 0.6 is 22.7 Å². The SMILES string of the molecule is CCCOc1ccc(/C=c2\sc3n(c2=O)[C@@H](c2cccs2)C(C(=O)OCC)=C(c2ccccc2)N=3)cc1. The Labute approximate surface area is 222 Å². The van der Waals surface area contributed by atoms with E-state index in [-0.39, 0.29) is 12.2 Å². The number of nitrogens with zero attached hydrogens (tertiary/aromatic N) is 2. The van der Waals surface area contributed by atoms with Gasteiger partial charge in [-0.15, -0.1) is 11.3 Å². The average Bonchev–Trinajstić information content (AvgIpc) is 3.56. The number of rotatable bonds is 8. The van der Waals surface area contributed by atoms with Gasteiger partial charge in [0.15, 0.2) is 4.80 Å². The Balaban J connectivity index is 1.70. The zero-order chi connectivity index (χ0) is 25.8. The van der Waals surface area contributed by atoms with Crippen LogP contribution in [0.15, 0.2) is 87.5 Å². The molecule has 0 saturated heterocycles. The Morgan fingerprint density at radius 3 is 2.51 bits per heavy atom. The molecule has 2 aromatic carbocycles. The van der Waals surface area contributed by atoms with Crippen molar-refractivity contribution in [2.24, 2.45) is 4.99 Å². The lowest BCUT2D eigenvalue weighted by molar-refractivity contribution is -0.138. The van der Waals surface area contributed by atoms with Gasteiger partial charge in [-0.3, -0.25) is 9.36 Å². The Morgan fingerprint density at radius 2 is 1.84 bits per heavy atom. The molecule has 0 radical (unpaired) electrons. The van der Waals surface area contributed by atoms with Crippen molar-refractivity contribution in [1.29, 1.82) is 0 Å². The lowest BCUT2D eigenvalue weighted by Gasteiger charge is -2.24. The van der Waals surface area contributed by atoms with Crippen LogP contribution in [-0.2, 0) is 9.53 Å². The second-order valence-corrected chi connectivity index (χ2v) is 10.4. The fourth-order valence-corrected chi connectivity index (χ4v) is 6.01. The highest BCUT2D eigenvalue weighted by Gasteiger charge is 2.35. The largest absolute Gasteiger partial charge is 0.494 e. The predicted octanol–water partition coefficient (Wildman–Crippen LogP) is 4.79. The summed E-state index contributed by atoms with van der Waals surface area (Å²) in [7, 11) is 0. The summed E-state index contributed by atoms with van der Waals surface area (Å²) in [5.41, 5.74) is 2.39. The highest BCUT2D eigenvalue weighted by Crippen LogP contribution is 2.36. The van der Waals surface area contributed by atoms with E-state index in [9.17, 15) is 9.59 Å². The first-order valence-electron chi connectivity index (χ1n) is 12.2. The van der Waals surface area contributed by atoms with Gasteiger partial charge in [0.2, 0.25) is 0 Å². The zero-order valence-electron chi connectivity index (χ0n) is 20.5. The third-order valence-electron chi connectivity index (χ3n) is 5.84. The van der Waals surface area contributed by atoms with E-state index >= 15 is 0 Å². The number of thiazole rings is 1. The van der Waals surface area contributed by atoms with Gasteiger partial charge in [-0.2, -0.15) is 0 Å². The van der Waals surface area contributed by atoms with E-state index in [2.05, 4.69) is 6.92 Å². The maximum Gasteiger partial charge on any atom is 0.338 e. The minimum atomic E-state index is -0.627. The number of esters is 1. The van der Waals surface area contributed by atoms with E-state index in [1.807, 2.05) is 78.2 Å². The fourth-order valence-electron chi connectivity index (χ4n) is 4.19. The number of aromatic nitrogens is 1. The number of fused-ring (bicyclic) bond motifs is 1. The first-order chi connectivity index (χ1) is 18.1. The number of benzene rings is 2. The van der Waals surface area contributed by atoms with Crippen molar-refractivity contribution in [1.82, 2.24) is 4.57 Å². The molecule has 5 rings (SSSR count). The van der Waals surface area contributed by atoms with Crippen LogP contribution in [0.1, 0.15) is 42.3 Å². The number of hydrogen-bond donors (Lipinski definition) is 0. The second-order valence-electron chi connectivity index (χ2n) is 8.36. The first kappa shape index (κ1) is 24.9. The van der Waals surface area contributed by atoms with Crippen molar-refractivity contribution >= 4 is 40.4 Å². The Hall–Kier alpha value is -3.75. The van der Waals surface area contributed by atoms with Crippen molar-refractivity contribution < 1.29 is 14.3 Å². The fraction of sp³-hybridized carbons (Fsp3) is 0.207. The molecule has 37 heavy (non-hydrogen) atoms. The van der Waals surface area contributed by atoms with Crippen LogP contribution in [0.2, 0.25) is 0 Å². The maximum absolute atomic E-state index is 13.8. The number of carbonyl (C=O) groups excluding carboxylic acids is 1. The Morgan fingerprint density at radius 1 is 1.05 bits per heavy atom. The summed E-state index contributed by atoms with van der Waals surface area (Å²) in [4.78, 5) is 33.4. The van der Waals surface area contributed by atoms with Gasteiger partial charge in [0.25, 0.3) is 5.56 Å². The molecule has 4 aromatic rings. The normalized spacial score (nSPS) is 15.3. The van der Waals surface area contributed by atoms with Gasteiger partial charge in [-0.1, -0.05) is 66.8 Å². The van der Waals surface area contributed by atoms with Gasteiger partial charge in [0.05, 0.1) is 29.0 Å². The van der Waals surface area contributed by atoms with Gasteiger partial charge in [-0.25, -0.2) is 9.79 Å². The van der Waals surface area contributed by atoms with Crippen molar-refractivity contribution in [2.45, 2.75) is 26.3 Å². The van der Waals surface area contributed by atoms with E-state index < -0.39 is 12.0 Å². The van der Waals surface area contributed by atoms with Gasteiger partial charge in [0.1, 0.15) is 11.8 Å². The van der Waals surface area contributed by atoms with Crippen LogP contribution in [0.5, 0.6) is 5.75 Å². The van der Waals surface area contributed by atoms with E-state index in [1.165, 1.54) is 22.7 Å². The van der Waals surface area contributed by atoms with Crippen LogP contribution in [0.25, 0.3) is 11.8 Å². The monoisotopic (exact) mass is 530 g/mol. The van der Waals surface area contributed by atoms with Gasteiger partial charge >= 0.3 is 5.97 Å². The van der Waals surface area contributed by atoms with Crippen molar-refractivity contribution in [3.8, 4) is 5.75 Å². The number of thiophene rings is 1. The van der Waals surface area contributed by atoms with E-state index in [1.54, 1.807) is 11.5 Å². The number of hydrogen-bond acceptors (Lipinski definition) is 7. The molecule has 1 aliphatic heterocycles. The molecule has 0 unspecified atom stereocenters. The third-order valence-corrected chi connectivity index (χ3v) is 7.74. The second kappa shape index (κ2) is 11.1. The quantitative estimate of drug-likeness (QED) is 0.307. The van der Waals surface area contributed by atoms with Gasteiger partial charge in [-0.05, 0) is 48.6 Å². The van der Waals surface area contributed by atoms with Gasteiger partial charge < -0.3 is 9.47 Å². The molecule has 3 heterocycles. The highest BCUT2D eigenvalue weighted by atomic mass is 32.1. The first-order valence-corrected chi connectivity index (χ1v) is 13.8. The van der Waals surface area contributed by atoms with Crippen LogP contribution < -0.4 is 19.6 Å². The molecule has 0 saturated carbocycles. The molecule has 8 heteroatoms. The molecule has 1 atom stereocenters. The molecule has 0 amide bonds. The standard InChI is InChI=1S/C29H26N2O4S2/c1-3-16-35-21-14-12-19(13-15-21)18-23-27(32)31-26(22-11-8-17-36-22)24(28(33)34-4-2)25(30-29(31)37-23)20-9-6-5-7-10-20/h5-15,17-18,26H,3-4,16H2,1-2H3/b23-18-/t26-/m0/s1. The zero-order valence-corrected chi connectivity index (χ0v) is 22.2. The molecule has 0 spiro atoms. The van der Waals surface area contributed by atoms with E-state index in [0.717, 1.165) is 28.2 Å². The smallest absolute Gasteiger partial charge is 0.338 e. The molecule has 6 nitrogen and oxygen atoms in total. The summed E-state index contributed by atoms with van der Waals surface area (Å²) in [5, 5.41) is 1.94. The van der Waals surface area contributed by atoms with Crippen molar-refractivity contribution in [3.63, 3.8) is 0 Å². The molecular weight excluding hydrogens is 504 g/mol. The summed E-state index contributed by atoms with van der Waals surface area (Å²) in [6.45, 7) is 4.72. The Bertz CT molecular complexity index is 1600. The van der Waals surface area contributed by atoms with Crippen LogP contribution in [0.3, 0.4) is 0 Å². The van der Waals surface area contributed by atoms with E-state index in [0.29, 0.717) is 27.2 Å². The molecule has 0 fully saturated rings. The molecule has 0 N–H and O–H groups in total. The Kier molecular flexibility index (Phi) is 7.48. The maximum atomic E-state index is 13.8. The molecule has 188 valence electrons. The highest BCUT2D eigenvalue weighted by molar-refractivity contribution is 7.10. The summed E-state index contributed by atoms with van der Waals surface area (Å²) < 4.78 is 13.3. The summed E-state index contributed by atoms with van der Waals surface area (Å²) in [5.74, 6) is 0.324. The molecule has 1 aliphatic rings. The lowest BCUT2D eigenvalue weighted by Crippen LogP contribution is -2.39. The summed E-state index contributed by atoms with van der Waals surface area (Å²) >= 11 is 2.81. The minimum Gasteiger partial charge on any atom is -0.494 e. The number of carbonyl (C=O) groups is 1. The van der Waals surface area contributed by atoms with Crippen LogP contribution in [0.4, 0.5) is 0 Å². The molecule has 2 aromatic heterocycles. The summed E-state index contributed by atoms with van der Waals surface area (Å²) in [6.07, 6.45) is 2.79. The molecule has 0 bridgehead atoms. The predicted molar refractivity (Wildman–Crippen MR) is 148 cm³/mol. The molecule has 0 aliphatic carbocycles. The third kappa shape index (κ3) is 5.08. The number of ether oxygens (including phenoxy) is 2. The summed E-state index contributed by atoms with van der Waals surface area (Å²) in [6, 6.07) is 20.5. The lowest BCUT2D eigenvalue weighted by atomic mass is 9.97. The topological polar surface area (TPSA) is 69.9 Å². The van der Waals surface area contributed by atoms with Crippen LogP contribution in [0, 0.1) is 0 Å². The van der Waals surface area contributed by atoms with E-state index in [4.69, 9.17) is 14.5 Å². The van der Waals surface area contributed by atoms with Crippen molar-refractivity contribution in [2.75, 3.05) is 13.2 Å². The van der Waals surface area contributed by atoms with Crippen molar-refractivity contribution in [3.05, 3.63) is 113 Å². The molecular formula is C29H26N2O4S2. The minimum absolute atomic E-state index is 0.192. The van der Waals surface area contributed by atoms with Gasteiger partial charge in [0, 0.05) is 10.4 Å².